The molecule has 4 heteroatoms. The van der Waals surface area contributed by atoms with Crippen LogP contribution < -0.4 is 0 Å². The fourth-order valence-corrected chi connectivity index (χ4v) is 4.91. The zero-order valence-corrected chi connectivity index (χ0v) is 15.4. The Morgan fingerprint density at radius 1 is 0.800 bits per heavy atom. The Hall–Kier alpha value is -2.30. The van der Waals surface area contributed by atoms with Crippen LogP contribution in [0.4, 0.5) is 0 Å². The third-order valence-electron chi connectivity index (χ3n) is 3.72. The second-order valence-electron chi connectivity index (χ2n) is 5.60. The third-order valence-corrected chi connectivity index (χ3v) is 6.60. The van der Waals surface area contributed by atoms with Crippen molar-refractivity contribution in [3.63, 3.8) is 0 Å². The maximum atomic E-state index is 13.2. The number of sulfone groups is 1. The molecule has 3 aromatic rings. The van der Waals surface area contributed by atoms with Crippen LogP contribution >= 0.6 is 11.8 Å². The summed E-state index contributed by atoms with van der Waals surface area (Å²) in [6.45, 7) is 1.98. The molecule has 25 heavy (non-hydrogen) atoms. The van der Waals surface area contributed by atoms with E-state index in [4.69, 9.17) is 0 Å². The fraction of sp³-hybridized carbons (Fsp3) is 0.0476. The Morgan fingerprint density at radius 2 is 1.36 bits per heavy atom. The van der Waals surface area contributed by atoms with Crippen molar-refractivity contribution < 1.29 is 8.42 Å². The van der Waals surface area contributed by atoms with Gasteiger partial charge >= 0.3 is 0 Å². The van der Waals surface area contributed by atoms with Crippen LogP contribution in [-0.4, -0.2) is 8.42 Å². The normalized spacial score (nSPS) is 12.1. The molecule has 3 aromatic carbocycles. The molecule has 0 N–H and O–H groups in total. The van der Waals surface area contributed by atoms with Gasteiger partial charge in [0.2, 0.25) is 9.84 Å². The first kappa shape index (κ1) is 17.5. The molecule has 0 bridgehead atoms. The molecule has 0 atom stereocenters. The Labute approximate surface area is 153 Å². The lowest BCUT2D eigenvalue weighted by molar-refractivity contribution is 0.606. The second kappa shape index (κ2) is 7.72. The second-order valence-corrected chi connectivity index (χ2v) is 8.46. The summed E-state index contributed by atoms with van der Waals surface area (Å²) in [7, 11) is -3.60. The SMILES string of the molecule is Cc1ccc(/C(=C\Sc2ccccc2)S(=O)(=O)c2ccccc2)cc1. The molecule has 0 fully saturated rings. The Balaban J connectivity index is 2.07. The third kappa shape index (κ3) is 4.21. The molecule has 0 saturated carbocycles. The number of aryl methyl sites for hydroxylation is 1. The summed E-state index contributed by atoms with van der Waals surface area (Å²) in [5, 5.41) is 1.72. The summed E-state index contributed by atoms with van der Waals surface area (Å²) < 4.78 is 26.3. The number of rotatable bonds is 5. The van der Waals surface area contributed by atoms with Crippen molar-refractivity contribution in [2.45, 2.75) is 16.7 Å². The van der Waals surface area contributed by atoms with Gasteiger partial charge in [0.15, 0.2) is 0 Å². The van der Waals surface area contributed by atoms with Crippen LogP contribution in [0.2, 0.25) is 0 Å². The first-order chi connectivity index (χ1) is 12.1. The molecule has 3 rings (SSSR count). The Kier molecular flexibility index (Phi) is 5.41. The molecule has 0 radical (unpaired) electrons. The van der Waals surface area contributed by atoms with Gasteiger partial charge < -0.3 is 0 Å². The summed E-state index contributed by atoms with van der Waals surface area (Å²) >= 11 is 1.41. The molecule has 0 amide bonds. The van der Waals surface area contributed by atoms with Gasteiger partial charge in [-0.1, -0.05) is 78.0 Å². The molecule has 0 spiro atoms. The molecule has 126 valence electrons. The molecule has 0 saturated heterocycles. The highest BCUT2D eigenvalue weighted by Crippen LogP contribution is 2.32. The monoisotopic (exact) mass is 366 g/mol. The van der Waals surface area contributed by atoms with Gasteiger partial charge in [0, 0.05) is 4.90 Å². The molecule has 0 aliphatic rings. The van der Waals surface area contributed by atoms with Crippen molar-refractivity contribution in [3.05, 3.63) is 101 Å². The lowest BCUT2D eigenvalue weighted by Gasteiger charge is -2.10. The topological polar surface area (TPSA) is 34.1 Å². The van der Waals surface area contributed by atoms with E-state index in [2.05, 4.69) is 0 Å². The van der Waals surface area contributed by atoms with E-state index < -0.39 is 9.84 Å². The molecule has 2 nitrogen and oxygen atoms in total. The minimum absolute atomic E-state index is 0.301. The molecule has 0 heterocycles. The first-order valence-corrected chi connectivity index (χ1v) is 10.2. The number of benzene rings is 3. The lowest BCUT2D eigenvalue weighted by atomic mass is 10.1. The molecular formula is C21H18O2S2. The zero-order chi connectivity index (χ0) is 17.7. The van der Waals surface area contributed by atoms with Crippen LogP contribution in [0.5, 0.6) is 0 Å². The van der Waals surface area contributed by atoms with Gasteiger partial charge in [-0.2, -0.15) is 0 Å². The maximum Gasteiger partial charge on any atom is 0.207 e. The van der Waals surface area contributed by atoms with Crippen LogP contribution in [0.25, 0.3) is 4.91 Å². The van der Waals surface area contributed by atoms with Crippen LogP contribution in [0.3, 0.4) is 0 Å². The van der Waals surface area contributed by atoms with Crippen LogP contribution in [0.1, 0.15) is 11.1 Å². The van der Waals surface area contributed by atoms with E-state index in [1.54, 1.807) is 29.7 Å². The first-order valence-electron chi connectivity index (χ1n) is 7.86. The van der Waals surface area contributed by atoms with Gasteiger partial charge in [-0.05, 0) is 42.2 Å². The average molecular weight is 367 g/mol. The summed E-state index contributed by atoms with van der Waals surface area (Å²) in [5.74, 6) is 0. The number of hydrogen-bond acceptors (Lipinski definition) is 3. The molecule has 0 aliphatic heterocycles. The van der Waals surface area contributed by atoms with Crippen molar-refractivity contribution in [3.8, 4) is 0 Å². The fourth-order valence-electron chi connectivity index (χ4n) is 2.35. The summed E-state index contributed by atoms with van der Waals surface area (Å²) in [6, 6.07) is 25.9. The maximum absolute atomic E-state index is 13.2. The minimum atomic E-state index is -3.60. The van der Waals surface area contributed by atoms with Gasteiger partial charge in [0.25, 0.3) is 0 Å². The van der Waals surface area contributed by atoms with Crippen molar-refractivity contribution in [2.24, 2.45) is 0 Å². The largest absolute Gasteiger partial charge is 0.218 e. The molecule has 0 unspecified atom stereocenters. The number of thioether (sulfide) groups is 1. The lowest BCUT2D eigenvalue weighted by Crippen LogP contribution is -2.04. The zero-order valence-electron chi connectivity index (χ0n) is 13.8. The highest BCUT2D eigenvalue weighted by atomic mass is 32.2. The van der Waals surface area contributed by atoms with Crippen molar-refractivity contribution in [2.75, 3.05) is 0 Å². The van der Waals surface area contributed by atoms with Crippen LogP contribution in [0, 0.1) is 6.92 Å². The standard InChI is InChI=1S/C21H18O2S2/c1-17-12-14-18(15-13-17)21(16-24-19-8-4-2-5-9-19)25(22,23)20-10-6-3-7-11-20/h2-16H,1H3/b21-16+. The molecular weight excluding hydrogens is 348 g/mol. The predicted molar refractivity (Wildman–Crippen MR) is 105 cm³/mol. The van der Waals surface area contributed by atoms with E-state index in [9.17, 15) is 8.42 Å². The van der Waals surface area contributed by atoms with E-state index in [0.29, 0.717) is 15.4 Å². The Bertz CT molecular complexity index is 959. The number of hydrogen-bond donors (Lipinski definition) is 0. The molecule has 0 aliphatic carbocycles. The average Bonchev–Trinajstić information content (AvgIpc) is 2.65. The van der Waals surface area contributed by atoms with Gasteiger partial charge in [0.05, 0.1) is 9.80 Å². The van der Waals surface area contributed by atoms with Gasteiger partial charge in [-0.3, -0.25) is 0 Å². The van der Waals surface area contributed by atoms with Crippen LogP contribution in [-0.2, 0) is 9.84 Å². The summed E-state index contributed by atoms with van der Waals surface area (Å²) in [4.78, 5) is 1.61. The van der Waals surface area contributed by atoms with Gasteiger partial charge in [0.1, 0.15) is 0 Å². The minimum Gasteiger partial charge on any atom is -0.218 e. The van der Waals surface area contributed by atoms with E-state index in [-0.39, 0.29) is 0 Å². The van der Waals surface area contributed by atoms with Crippen molar-refractivity contribution >= 4 is 26.5 Å². The summed E-state index contributed by atoms with van der Waals surface area (Å²) in [5.41, 5.74) is 1.79. The highest BCUT2D eigenvalue weighted by Gasteiger charge is 2.22. The van der Waals surface area contributed by atoms with E-state index in [1.165, 1.54) is 11.8 Å². The summed E-state index contributed by atoms with van der Waals surface area (Å²) in [6.07, 6.45) is 0. The van der Waals surface area contributed by atoms with Gasteiger partial charge in [-0.25, -0.2) is 8.42 Å². The smallest absolute Gasteiger partial charge is 0.207 e. The van der Waals surface area contributed by atoms with E-state index >= 15 is 0 Å². The van der Waals surface area contributed by atoms with E-state index in [1.807, 2.05) is 67.6 Å². The quantitative estimate of drug-likeness (QED) is 0.554. The van der Waals surface area contributed by atoms with Crippen LogP contribution in [0.15, 0.2) is 100 Å². The van der Waals surface area contributed by atoms with E-state index in [0.717, 1.165) is 10.5 Å². The van der Waals surface area contributed by atoms with Crippen molar-refractivity contribution in [1.82, 2.24) is 0 Å². The predicted octanol–water partition coefficient (Wildman–Crippen LogP) is 5.56. The van der Waals surface area contributed by atoms with Crippen molar-refractivity contribution in [1.29, 1.82) is 0 Å². The molecule has 0 aromatic heterocycles. The highest BCUT2D eigenvalue weighted by molar-refractivity contribution is 8.05. The van der Waals surface area contributed by atoms with Gasteiger partial charge in [-0.15, -0.1) is 0 Å². The Morgan fingerprint density at radius 3 is 1.96 bits per heavy atom.